The zero-order valence-electron chi connectivity index (χ0n) is 23.4. The molecule has 0 radical (unpaired) electrons. The van der Waals surface area contributed by atoms with Gasteiger partial charge in [0.2, 0.25) is 5.91 Å². The number of benzene rings is 2. The molecule has 0 aliphatic carbocycles. The maximum absolute atomic E-state index is 12.9. The largest absolute Gasteiger partial charge is 0.497 e. The number of anilines is 3. The summed E-state index contributed by atoms with van der Waals surface area (Å²) in [7, 11) is 2.91. The van der Waals surface area contributed by atoms with E-state index in [0.717, 1.165) is 54.4 Å². The zero-order chi connectivity index (χ0) is 27.8. The highest BCUT2D eigenvalue weighted by Gasteiger charge is 2.19. The smallest absolute Gasteiger partial charge is 0.228 e. The Labute approximate surface area is 234 Å². The maximum atomic E-state index is 12.9. The van der Waals surface area contributed by atoms with Gasteiger partial charge < -0.3 is 24.6 Å². The van der Waals surface area contributed by atoms with Crippen molar-refractivity contribution in [3.63, 3.8) is 0 Å². The number of methoxy groups -OCH3 is 2. The Balaban J connectivity index is 1.31. The van der Waals surface area contributed by atoms with E-state index in [0.29, 0.717) is 0 Å². The number of nitrogens with zero attached hydrogens (tertiary/aromatic N) is 3. The molecule has 4 rings (SSSR count). The van der Waals surface area contributed by atoms with Crippen LogP contribution in [0.4, 0.5) is 17.1 Å². The van der Waals surface area contributed by atoms with Crippen molar-refractivity contribution in [2.24, 2.45) is 0 Å². The number of amides is 1. The highest BCUT2D eigenvalue weighted by molar-refractivity contribution is 8.13. The Morgan fingerprint density at radius 3 is 2.05 bits per heavy atom. The van der Waals surface area contributed by atoms with Crippen LogP contribution < -0.4 is 24.6 Å². The molecule has 2 heterocycles. The molecule has 2 aromatic carbocycles. The van der Waals surface area contributed by atoms with Crippen molar-refractivity contribution in [3.05, 3.63) is 72.1 Å². The third kappa shape index (κ3) is 7.38. The van der Waals surface area contributed by atoms with E-state index >= 15 is 0 Å². The summed E-state index contributed by atoms with van der Waals surface area (Å²) >= 11 is 0. The number of nitrogens with one attached hydrogen (secondary N) is 2. The summed E-state index contributed by atoms with van der Waals surface area (Å²) in [5.74, 6) is 0.741. The number of carbonyl (C=O) groups excluding carboxylic acids is 1. The van der Waals surface area contributed by atoms with Crippen LogP contribution in [0.3, 0.4) is 0 Å². The van der Waals surface area contributed by atoms with E-state index in [2.05, 4.69) is 68.3 Å². The fraction of sp³-hybridized carbons (Fsp3) is 0.367. The Kier molecular flexibility index (Phi) is 9.97. The zero-order valence-corrected chi connectivity index (χ0v) is 24.3. The molecule has 3 aromatic rings. The average molecular weight is 550 g/mol. The van der Waals surface area contributed by atoms with E-state index in [-0.39, 0.29) is 23.0 Å². The van der Waals surface area contributed by atoms with Gasteiger partial charge in [-0.2, -0.15) is 0 Å². The van der Waals surface area contributed by atoms with Gasteiger partial charge >= 0.3 is 0 Å². The Bertz CT molecular complexity index is 1250. The van der Waals surface area contributed by atoms with Gasteiger partial charge in [0.25, 0.3) is 0 Å². The third-order valence-electron chi connectivity index (χ3n) is 6.86. The van der Waals surface area contributed by atoms with Gasteiger partial charge in [0.1, 0.15) is 12.0 Å². The van der Waals surface area contributed by atoms with E-state index in [1.807, 2.05) is 43.6 Å². The molecule has 2 atom stereocenters. The summed E-state index contributed by atoms with van der Waals surface area (Å²) in [6.07, 6.45) is 3.44. The molecule has 9 heteroatoms. The average Bonchev–Trinajstić information content (AvgIpc) is 2.96. The first-order valence-electron chi connectivity index (χ1n) is 13.2. The van der Waals surface area contributed by atoms with Crippen LogP contribution in [0.15, 0.2) is 65.8 Å². The first kappa shape index (κ1) is 28.6. The van der Waals surface area contributed by atoms with Crippen LogP contribution >= 0.6 is 10.7 Å². The van der Waals surface area contributed by atoms with Gasteiger partial charge in [-0.05, 0) is 85.8 Å². The molecule has 0 spiro atoms. The van der Waals surface area contributed by atoms with Crippen LogP contribution in [0.5, 0.6) is 5.75 Å². The molecule has 0 bridgehead atoms. The molecule has 39 heavy (non-hydrogen) atoms. The summed E-state index contributed by atoms with van der Waals surface area (Å²) in [5, 5.41) is 5.13. The minimum atomic E-state index is -0.429. The third-order valence-corrected chi connectivity index (χ3v) is 8.93. The summed E-state index contributed by atoms with van der Waals surface area (Å²) in [5.41, 5.74) is 5.42. The quantitative estimate of drug-likeness (QED) is 0.273. The molecule has 1 saturated heterocycles. The standard InChI is InChI=1S/C30H39N5O3S/c1-6-39(30-22(2)19-27(37-4)20-23(30)3)33-29(38-5)21-28(36)32-24-7-9-25(10-8-24)34-15-17-35(18-16-34)26-11-13-31-14-12-26/h6-14,19-20,29,33H,15-18,21H2,1-5H3,(H,32,36). The lowest BCUT2D eigenvalue weighted by Gasteiger charge is -2.37. The van der Waals surface area contributed by atoms with Crippen molar-refractivity contribution in [2.75, 3.05) is 55.5 Å². The van der Waals surface area contributed by atoms with E-state index in [4.69, 9.17) is 9.47 Å². The first-order valence-corrected chi connectivity index (χ1v) is 14.5. The molecule has 1 aliphatic rings. The fourth-order valence-corrected chi connectivity index (χ4v) is 6.61. The lowest BCUT2D eigenvalue weighted by atomic mass is 10.1. The van der Waals surface area contributed by atoms with Gasteiger partial charge in [-0.1, -0.05) is 10.7 Å². The molecule has 2 N–H and O–H groups in total. The second kappa shape index (κ2) is 13.6. The van der Waals surface area contributed by atoms with Crippen molar-refractivity contribution < 1.29 is 14.3 Å². The number of pyridine rings is 1. The number of hydrogen-bond donors (Lipinski definition) is 2. The predicted molar refractivity (Wildman–Crippen MR) is 162 cm³/mol. The number of ether oxygens (including phenoxy) is 2. The van der Waals surface area contributed by atoms with E-state index in [1.54, 1.807) is 14.2 Å². The van der Waals surface area contributed by atoms with Crippen LogP contribution in [0.2, 0.25) is 0 Å². The molecular formula is C30H39N5O3S. The molecule has 1 aliphatic heterocycles. The van der Waals surface area contributed by atoms with Gasteiger partial charge in [-0.15, -0.1) is 0 Å². The molecular weight excluding hydrogens is 510 g/mol. The van der Waals surface area contributed by atoms with Gasteiger partial charge in [0.05, 0.1) is 13.5 Å². The van der Waals surface area contributed by atoms with E-state index < -0.39 is 6.23 Å². The van der Waals surface area contributed by atoms with Gasteiger partial charge in [0, 0.05) is 67.6 Å². The number of rotatable bonds is 10. The van der Waals surface area contributed by atoms with Crippen molar-refractivity contribution >= 4 is 39.0 Å². The Morgan fingerprint density at radius 2 is 1.54 bits per heavy atom. The predicted octanol–water partition coefficient (Wildman–Crippen LogP) is 4.99. The topological polar surface area (TPSA) is 79.0 Å². The Hall–Kier alpha value is -3.40. The fourth-order valence-electron chi connectivity index (χ4n) is 4.85. The number of aryl methyl sites for hydroxylation is 2. The molecule has 8 nitrogen and oxygen atoms in total. The van der Waals surface area contributed by atoms with Gasteiger partial charge in [0.15, 0.2) is 0 Å². The summed E-state index contributed by atoms with van der Waals surface area (Å²) < 4.78 is 14.6. The second-order valence-electron chi connectivity index (χ2n) is 9.48. The summed E-state index contributed by atoms with van der Waals surface area (Å²) in [6.45, 7) is 9.98. The summed E-state index contributed by atoms with van der Waals surface area (Å²) in [6, 6.07) is 16.3. The first-order chi connectivity index (χ1) is 18.9. The lowest BCUT2D eigenvalue weighted by Crippen LogP contribution is -2.46. The van der Waals surface area contributed by atoms with Crippen LogP contribution in [-0.4, -0.2) is 62.9 Å². The number of aromatic nitrogens is 1. The van der Waals surface area contributed by atoms with Crippen molar-refractivity contribution in [1.29, 1.82) is 0 Å². The van der Waals surface area contributed by atoms with Crippen LogP contribution in [0.1, 0.15) is 24.5 Å². The van der Waals surface area contributed by atoms with Crippen LogP contribution in [-0.2, 0) is 9.53 Å². The molecule has 1 aromatic heterocycles. The molecule has 1 fully saturated rings. The van der Waals surface area contributed by atoms with Crippen molar-refractivity contribution in [2.45, 2.75) is 38.3 Å². The molecule has 2 unspecified atom stereocenters. The van der Waals surface area contributed by atoms with Crippen molar-refractivity contribution in [3.8, 4) is 5.75 Å². The van der Waals surface area contributed by atoms with E-state index in [1.165, 1.54) is 10.6 Å². The number of hydrogen-bond acceptors (Lipinski definition) is 7. The van der Waals surface area contributed by atoms with Gasteiger partial charge in [-0.3, -0.25) is 9.78 Å². The maximum Gasteiger partial charge on any atom is 0.228 e. The van der Waals surface area contributed by atoms with Crippen LogP contribution in [0.25, 0.3) is 0 Å². The number of carbonyl (C=O) groups is 1. The van der Waals surface area contributed by atoms with E-state index in [9.17, 15) is 4.79 Å². The number of piperazine rings is 1. The molecule has 208 valence electrons. The minimum Gasteiger partial charge on any atom is -0.497 e. The molecule has 0 saturated carbocycles. The molecule has 1 amide bonds. The highest BCUT2D eigenvalue weighted by Crippen LogP contribution is 2.33. The van der Waals surface area contributed by atoms with Crippen LogP contribution in [0, 0.1) is 13.8 Å². The highest BCUT2D eigenvalue weighted by atomic mass is 32.2. The minimum absolute atomic E-state index is 0.101. The van der Waals surface area contributed by atoms with Gasteiger partial charge in [-0.25, -0.2) is 4.72 Å². The van der Waals surface area contributed by atoms with Crippen molar-refractivity contribution in [1.82, 2.24) is 9.71 Å². The SMILES string of the molecule is C/C=S(\NC(CC(=O)Nc1ccc(N2CCN(c3ccncc3)CC2)cc1)OC)c1c(C)cc(OC)cc1C. The Morgan fingerprint density at radius 1 is 0.974 bits per heavy atom. The second-order valence-corrected chi connectivity index (χ2v) is 11.3. The monoisotopic (exact) mass is 549 g/mol. The lowest BCUT2D eigenvalue weighted by molar-refractivity contribution is -0.118. The normalized spacial score (nSPS) is 15.2. The summed E-state index contributed by atoms with van der Waals surface area (Å²) in [4.78, 5) is 22.9.